The van der Waals surface area contributed by atoms with Crippen LogP contribution >= 0.6 is 0 Å². The molecule has 0 aliphatic carbocycles. The molecule has 1 fully saturated rings. The van der Waals surface area contributed by atoms with Gasteiger partial charge in [-0.3, -0.25) is 14.3 Å². The average molecular weight is 265 g/mol. The van der Waals surface area contributed by atoms with Crippen molar-refractivity contribution < 1.29 is 15.0 Å². The lowest BCUT2D eigenvalue weighted by Crippen LogP contribution is -2.54. The number of nitrogens with one attached hydrogen (secondary N) is 1. The van der Waals surface area contributed by atoms with Gasteiger partial charge in [0.05, 0.1) is 6.10 Å². The fourth-order valence-corrected chi connectivity index (χ4v) is 2.64. The summed E-state index contributed by atoms with van der Waals surface area (Å²) < 4.78 is 1.39. The molecule has 0 radical (unpaired) electrons. The van der Waals surface area contributed by atoms with Gasteiger partial charge in [0.25, 0.3) is 5.91 Å². The van der Waals surface area contributed by atoms with Crippen molar-refractivity contribution in [2.75, 3.05) is 12.0 Å². The molecule has 3 N–H and O–H groups in total. The minimum absolute atomic E-state index is 0.0714. The Labute approximate surface area is 109 Å². The molecule has 1 aromatic heterocycles. The van der Waals surface area contributed by atoms with Crippen LogP contribution in [0.3, 0.4) is 0 Å². The Morgan fingerprint density at radius 1 is 1.32 bits per heavy atom. The number of aromatic hydroxyl groups is 1. The zero-order valence-electron chi connectivity index (χ0n) is 10.2. The Balaban J connectivity index is 2.07. The van der Waals surface area contributed by atoms with Crippen molar-refractivity contribution in [1.29, 1.82) is 0 Å². The molecule has 0 aromatic carbocycles. The molecule has 2 aliphatic heterocycles. The van der Waals surface area contributed by atoms with Crippen LogP contribution in [0.25, 0.3) is 0 Å². The van der Waals surface area contributed by atoms with Gasteiger partial charge in [-0.1, -0.05) is 0 Å². The number of amides is 1. The van der Waals surface area contributed by atoms with Crippen molar-refractivity contribution in [1.82, 2.24) is 9.58 Å². The first kappa shape index (κ1) is 12.0. The third-order valence-electron chi connectivity index (χ3n) is 3.62. The van der Waals surface area contributed by atoms with Gasteiger partial charge in [-0.05, 0) is 19.3 Å². The summed E-state index contributed by atoms with van der Waals surface area (Å²) in [5.74, 6) is -0.989. The zero-order valence-corrected chi connectivity index (χ0v) is 10.2. The van der Waals surface area contributed by atoms with Crippen LogP contribution in [0.1, 0.15) is 29.8 Å². The number of hydrogen-bond acceptors (Lipinski definition) is 5. The van der Waals surface area contributed by atoms with Gasteiger partial charge in [-0.2, -0.15) is 0 Å². The number of aliphatic hydroxyl groups excluding tert-OH is 1. The molecule has 1 amide bonds. The smallest absolute Gasteiger partial charge is 0.278 e. The predicted octanol–water partition coefficient (Wildman–Crippen LogP) is -0.576. The van der Waals surface area contributed by atoms with Gasteiger partial charge in [0.15, 0.2) is 11.4 Å². The standard InChI is InChI=1S/C12H15N3O4/c16-7-2-1-3-9-13-15-5-4-8(17)11(18)10(15)12(19)14(9)6-7/h4-5,7,9,13,16,18H,1-3,6H2. The Bertz CT molecular complexity index is 583. The van der Waals surface area contributed by atoms with E-state index in [1.54, 1.807) is 0 Å². The van der Waals surface area contributed by atoms with E-state index in [1.807, 2.05) is 0 Å². The van der Waals surface area contributed by atoms with E-state index in [0.29, 0.717) is 6.42 Å². The average Bonchev–Trinajstić information content (AvgIpc) is 2.56. The lowest BCUT2D eigenvalue weighted by Gasteiger charge is -2.38. The largest absolute Gasteiger partial charge is 0.502 e. The van der Waals surface area contributed by atoms with E-state index in [-0.39, 0.29) is 18.4 Å². The highest BCUT2D eigenvalue weighted by atomic mass is 16.3. The van der Waals surface area contributed by atoms with Crippen molar-refractivity contribution >= 4 is 5.91 Å². The molecule has 102 valence electrons. The normalized spacial score (nSPS) is 26.2. The van der Waals surface area contributed by atoms with Gasteiger partial charge >= 0.3 is 0 Å². The van der Waals surface area contributed by atoms with E-state index >= 15 is 0 Å². The maximum absolute atomic E-state index is 12.4. The summed E-state index contributed by atoms with van der Waals surface area (Å²) in [6.07, 6.45) is 2.81. The third-order valence-corrected chi connectivity index (χ3v) is 3.62. The minimum atomic E-state index is -0.588. The highest BCUT2D eigenvalue weighted by Gasteiger charge is 2.36. The summed E-state index contributed by atoms with van der Waals surface area (Å²) in [6, 6.07) is 1.21. The van der Waals surface area contributed by atoms with Crippen molar-refractivity contribution in [3.05, 3.63) is 28.2 Å². The molecule has 7 heteroatoms. The number of aromatic nitrogens is 1. The Morgan fingerprint density at radius 2 is 2.11 bits per heavy atom. The van der Waals surface area contributed by atoms with Crippen LogP contribution in [-0.4, -0.2) is 44.5 Å². The Morgan fingerprint density at radius 3 is 2.89 bits per heavy atom. The van der Waals surface area contributed by atoms with Gasteiger partial charge in [-0.15, -0.1) is 0 Å². The van der Waals surface area contributed by atoms with Crippen LogP contribution in [0.4, 0.5) is 0 Å². The molecule has 1 saturated heterocycles. The Kier molecular flexibility index (Phi) is 2.70. The van der Waals surface area contributed by atoms with Gasteiger partial charge < -0.3 is 20.5 Å². The Hall–Kier alpha value is -2.02. The first-order valence-electron chi connectivity index (χ1n) is 6.28. The maximum atomic E-state index is 12.4. The number of nitrogens with zero attached hydrogens (tertiary/aromatic N) is 2. The number of carbonyl (C=O) groups is 1. The van der Waals surface area contributed by atoms with E-state index in [0.717, 1.165) is 12.8 Å². The second kappa shape index (κ2) is 4.27. The molecule has 19 heavy (non-hydrogen) atoms. The lowest BCUT2D eigenvalue weighted by atomic mass is 10.2. The third kappa shape index (κ3) is 1.86. The second-order valence-electron chi connectivity index (χ2n) is 4.93. The fourth-order valence-electron chi connectivity index (χ4n) is 2.64. The van der Waals surface area contributed by atoms with Gasteiger partial charge in [0.1, 0.15) is 6.17 Å². The molecule has 2 aliphatic rings. The molecule has 0 bridgehead atoms. The summed E-state index contributed by atoms with van der Waals surface area (Å²) in [6.45, 7) is 0.207. The maximum Gasteiger partial charge on any atom is 0.278 e. The highest BCUT2D eigenvalue weighted by molar-refractivity contribution is 5.96. The highest BCUT2D eigenvalue weighted by Crippen LogP contribution is 2.25. The van der Waals surface area contributed by atoms with Crippen LogP contribution in [0.15, 0.2) is 17.1 Å². The lowest BCUT2D eigenvalue weighted by molar-refractivity contribution is 0.0519. The van der Waals surface area contributed by atoms with Crippen LogP contribution in [0.5, 0.6) is 5.75 Å². The molecule has 0 spiro atoms. The van der Waals surface area contributed by atoms with Gasteiger partial charge in [-0.25, -0.2) is 0 Å². The quantitative estimate of drug-likeness (QED) is 0.583. The first-order chi connectivity index (χ1) is 9.08. The van der Waals surface area contributed by atoms with Crippen LogP contribution < -0.4 is 10.9 Å². The van der Waals surface area contributed by atoms with Crippen molar-refractivity contribution in [2.24, 2.45) is 0 Å². The molecule has 2 unspecified atom stereocenters. The molecule has 7 nitrogen and oxygen atoms in total. The number of carbonyl (C=O) groups excluding carboxylic acids is 1. The van der Waals surface area contributed by atoms with Crippen LogP contribution in [0, 0.1) is 0 Å². The van der Waals surface area contributed by atoms with Crippen LogP contribution in [0.2, 0.25) is 0 Å². The number of aliphatic hydroxyl groups is 1. The van der Waals surface area contributed by atoms with E-state index in [1.165, 1.54) is 21.8 Å². The monoisotopic (exact) mass is 265 g/mol. The minimum Gasteiger partial charge on any atom is -0.502 e. The fraction of sp³-hybridized carbons (Fsp3) is 0.500. The van der Waals surface area contributed by atoms with Crippen molar-refractivity contribution in [3.8, 4) is 5.75 Å². The molecular formula is C12H15N3O4. The van der Waals surface area contributed by atoms with E-state index < -0.39 is 23.2 Å². The summed E-state index contributed by atoms with van der Waals surface area (Å²) in [4.78, 5) is 25.3. The topological polar surface area (TPSA) is 94.8 Å². The van der Waals surface area contributed by atoms with E-state index in [4.69, 9.17) is 0 Å². The zero-order chi connectivity index (χ0) is 13.6. The molecule has 3 heterocycles. The van der Waals surface area contributed by atoms with Gasteiger partial charge in [0.2, 0.25) is 5.43 Å². The van der Waals surface area contributed by atoms with Gasteiger partial charge in [0, 0.05) is 18.8 Å². The summed E-state index contributed by atoms with van der Waals surface area (Å²) in [5, 5.41) is 19.5. The molecule has 2 atom stereocenters. The molecule has 0 saturated carbocycles. The van der Waals surface area contributed by atoms with E-state index in [9.17, 15) is 19.8 Å². The predicted molar refractivity (Wildman–Crippen MR) is 66.4 cm³/mol. The molecular weight excluding hydrogens is 250 g/mol. The van der Waals surface area contributed by atoms with Crippen molar-refractivity contribution in [3.63, 3.8) is 0 Å². The number of rotatable bonds is 0. The van der Waals surface area contributed by atoms with Crippen LogP contribution in [-0.2, 0) is 0 Å². The number of fused-ring (bicyclic) bond motifs is 2. The number of pyridine rings is 1. The van der Waals surface area contributed by atoms with Crippen molar-refractivity contribution in [2.45, 2.75) is 31.5 Å². The van der Waals surface area contributed by atoms with E-state index in [2.05, 4.69) is 5.43 Å². The number of hydrogen-bond donors (Lipinski definition) is 3. The molecule has 1 aromatic rings. The SMILES string of the molecule is O=C1c2c(O)c(=O)ccn2NC2CCCC(O)CN12. The second-order valence-corrected chi connectivity index (χ2v) is 4.93. The molecule has 3 rings (SSSR count). The summed E-state index contributed by atoms with van der Waals surface area (Å²) in [5.41, 5.74) is 2.41. The summed E-state index contributed by atoms with van der Waals surface area (Å²) >= 11 is 0. The first-order valence-corrected chi connectivity index (χ1v) is 6.28. The summed E-state index contributed by atoms with van der Waals surface area (Å²) in [7, 11) is 0.